The summed E-state index contributed by atoms with van der Waals surface area (Å²) in [5.74, 6) is -0.996. The van der Waals surface area contributed by atoms with Gasteiger partial charge in [0.25, 0.3) is 0 Å². The van der Waals surface area contributed by atoms with Gasteiger partial charge in [0.15, 0.2) is 0 Å². The molecule has 64 valence electrons. The summed E-state index contributed by atoms with van der Waals surface area (Å²) in [6, 6.07) is -0.804. The van der Waals surface area contributed by atoms with Crippen LogP contribution in [0, 0.1) is 4.91 Å². The van der Waals surface area contributed by atoms with Crippen LogP contribution in [0.3, 0.4) is 0 Å². The molecule has 11 heavy (non-hydrogen) atoms. The predicted octanol–water partition coefficient (Wildman–Crippen LogP) is 0.335. The van der Waals surface area contributed by atoms with E-state index in [-0.39, 0.29) is 6.54 Å². The predicted molar refractivity (Wildman–Crippen MR) is 40.1 cm³/mol. The number of nitrogens with zero attached hydrogens (tertiary/aromatic N) is 1. The third kappa shape index (κ3) is 5.47. The molecule has 0 aromatic heterocycles. The molecular weight excluding hydrogens is 148 g/mol. The highest BCUT2D eigenvalue weighted by Crippen LogP contribution is 1.98. The fraction of sp³-hybridized carbons (Fsp3) is 0.833. The second kappa shape index (κ2) is 5.79. The molecule has 0 spiro atoms. The molecule has 0 saturated carbocycles. The van der Waals surface area contributed by atoms with Crippen LogP contribution >= 0.6 is 0 Å². The Hall–Kier alpha value is -0.970. The third-order valence-corrected chi connectivity index (χ3v) is 1.33. The minimum atomic E-state index is -0.996. The molecule has 0 aliphatic heterocycles. The van der Waals surface area contributed by atoms with Gasteiger partial charge in [0.2, 0.25) is 0 Å². The van der Waals surface area contributed by atoms with Gasteiger partial charge < -0.3 is 10.8 Å². The van der Waals surface area contributed by atoms with Crippen LogP contribution < -0.4 is 5.73 Å². The summed E-state index contributed by atoms with van der Waals surface area (Å²) in [5.41, 5.74) is 5.19. The molecule has 0 saturated heterocycles. The number of nitroso groups, excluding NO2 is 1. The maximum absolute atomic E-state index is 10.2. The second-order valence-corrected chi connectivity index (χ2v) is 2.29. The zero-order valence-electron chi connectivity index (χ0n) is 6.19. The smallest absolute Gasteiger partial charge is 0.320 e. The van der Waals surface area contributed by atoms with Gasteiger partial charge in [-0.05, 0) is 19.3 Å². The zero-order valence-corrected chi connectivity index (χ0v) is 6.19. The first kappa shape index (κ1) is 10.0. The number of unbranched alkanes of at least 4 members (excludes halogenated alkanes) is 1. The molecule has 0 aromatic carbocycles. The summed E-state index contributed by atoms with van der Waals surface area (Å²) in [5, 5.41) is 11.0. The summed E-state index contributed by atoms with van der Waals surface area (Å²) in [6.07, 6.45) is 1.66. The van der Waals surface area contributed by atoms with Crippen molar-refractivity contribution in [2.24, 2.45) is 10.9 Å². The Bertz CT molecular complexity index is 138. The molecule has 0 amide bonds. The number of carbonyl (C=O) groups is 1. The van der Waals surface area contributed by atoms with E-state index in [1.165, 1.54) is 0 Å². The van der Waals surface area contributed by atoms with E-state index in [4.69, 9.17) is 10.8 Å². The number of rotatable bonds is 6. The fourth-order valence-corrected chi connectivity index (χ4v) is 0.664. The Morgan fingerprint density at radius 1 is 1.55 bits per heavy atom. The standard InChI is InChI=1S/C6H12N2O3/c7-5(6(9)10)3-1-2-4-8-11/h5H,1-4,7H2,(H,9,10)/t5-/m0/s1. The molecule has 0 aliphatic rings. The summed E-state index contributed by atoms with van der Waals surface area (Å²) < 4.78 is 0. The molecule has 0 bridgehead atoms. The maximum Gasteiger partial charge on any atom is 0.320 e. The average Bonchev–Trinajstić information content (AvgIpc) is 1.97. The Morgan fingerprint density at radius 2 is 2.18 bits per heavy atom. The lowest BCUT2D eigenvalue weighted by atomic mass is 10.1. The first-order valence-electron chi connectivity index (χ1n) is 3.46. The lowest BCUT2D eigenvalue weighted by Gasteiger charge is -2.03. The minimum absolute atomic E-state index is 0.242. The molecule has 0 radical (unpaired) electrons. The van der Waals surface area contributed by atoms with Crippen LogP contribution in [-0.2, 0) is 4.79 Å². The quantitative estimate of drug-likeness (QED) is 0.432. The van der Waals surface area contributed by atoms with Crippen molar-refractivity contribution in [3.05, 3.63) is 4.91 Å². The van der Waals surface area contributed by atoms with Gasteiger partial charge in [-0.15, -0.1) is 0 Å². The normalized spacial score (nSPS) is 12.5. The molecule has 0 aromatic rings. The number of carboxylic acids is 1. The highest BCUT2D eigenvalue weighted by molar-refractivity contribution is 5.72. The van der Waals surface area contributed by atoms with Crippen molar-refractivity contribution < 1.29 is 9.90 Å². The second-order valence-electron chi connectivity index (χ2n) is 2.29. The summed E-state index contributed by atoms with van der Waals surface area (Å²) in [7, 11) is 0. The highest BCUT2D eigenvalue weighted by atomic mass is 16.4. The monoisotopic (exact) mass is 160 g/mol. The topological polar surface area (TPSA) is 92.8 Å². The van der Waals surface area contributed by atoms with E-state index in [0.717, 1.165) is 0 Å². The van der Waals surface area contributed by atoms with Gasteiger partial charge in [-0.3, -0.25) is 4.79 Å². The first-order chi connectivity index (χ1) is 5.18. The van der Waals surface area contributed by atoms with Crippen molar-refractivity contribution in [3.8, 4) is 0 Å². The maximum atomic E-state index is 10.2. The van der Waals surface area contributed by atoms with Gasteiger partial charge >= 0.3 is 5.97 Å². The van der Waals surface area contributed by atoms with Crippen molar-refractivity contribution >= 4 is 5.97 Å². The lowest BCUT2D eigenvalue weighted by Crippen LogP contribution is -2.29. The Morgan fingerprint density at radius 3 is 2.64 bits per heavy atom. The Kier molecular flexibility index (Phi) is 5.28. The van der Waals surface area contributed by atoms with Crippen LogP contribution in [-0.4, -0.2) is 23.7 Å². The zero-order chi connectivity index (χ0) is 8.69. The largest absolute Gasteiger partial charge is 0.480 e. The molecule has 1 atom stereocenters. The van der Waals surface area contributed by atoms with E-state index in [2.05, 4.69) is 5.18 Å². The molecule has 0 heterocycles. The first-order valence-corrected chi connectivity index (χ1v) is 3.46. The van der Waals surface area contributed by atoms with Crippen molar-refractivity contribution in [2.75, 3.05) is 6.54 Å². The molecule has 5 heteroatoms. The molecule has 0 fully saturated rings. The van der Waals surface area contributed by atoms with Crippen molar-refractivity contribution in [1.82, 2.24) is 0 Å². The van der Waals surface area contributed by atoms with Gasteiger partial charge in [0.1, 0.15) is 6.04 Å². The lowest BCUT2D eigenvalue weighted by molar-refractivity contribution is -0.138. The van der Waals surface area contributed by atoms with E-state index < -0.39 is 12.0 Å². The highest BCUT2D eigenvalue weighted by Gasteiger charge is 2.09. The molecule has 0 rings (SSSR count). The van der Waals surface area contributed by atoms with E-state index in [9.17, 15) is 9.70 Å². The van der Waals surface area contributed by atoms with Gasteiger partial charge in [-0.1, -0.05) is 5.18 Å². The molecule has 0 aliphatic carbocycles. The van der Waals surface area contributed by atoms with Crippen LogP contribution in [0.5, 0.6) is 0 Å². The van der Waals surface area contributed by atoms with Gasteiger partial charge in [-0.2, -0.15) is 4.91 Å². The number of hydrogen-bond donors (Lipinski definition) is 2. The molecule has 5 nitrogen and oxygen atoms in total. The average molecular weight is 160 g/mol. The number of nitrogens with two attached hydrogens (primary N) is 1. The Balaban J connectivity index is 3.24. The number of hydrogen-bond acceptors (Lipinski definition) is 4. The summed E-state index contributed by atoms with van der Waals surface area (Å²) >= 11 is 0. The van der Waals surface area contributed by atoms with Gasteiger partial charge in [-0.25, -0.2) is 0 Å². The SMILES string of the molecule is N[C@@H](CCCCN=O)C(=O)O. The van der Waals surface area contributed by atoms with E-state index in [1.807, 2.05) is 0 Å². The molecule has 3 N–H and O–H groups in total. The van der Waals surface area contributed by atoms with Crippen molar-refractivity contribution in [3.63, 3.8) is 0 Å². The summed E-state index contributed by atoms with van der Waals surface area (Å²) in [6.45, 7) is 0.242. The molecule has 0 unspecified atom stereocenters. The fourth-order valence-electron chi connectivity index (χ4n) is 0.664. The van der Waals surface area contributed by atoms with Crippen LogP contribution in [0.4, 0.5) is 0 Å². The molecular formula is C6H12N2O3. The number of carboxylic acid groups (broad SMARTS) is 1. The van der Waals surface area contributed by atoms with E-state index >= 15 is 0 Å². The summed E-state index contributed by atoms with van der Waals surface area (Å²) in [4.78, 5) is 19.7. The number of aliphatic carboxylic acids is 1. The van der Waals surface area contributed by atoms with Crippen LogP contribution in [0.15, 0.2) is 5.18 Å². The van der Waals surface area contributed by atoms with E-state index in [0.29, 0.717) is 19.3 Å². The van der Waals surface area contributed by atoms with Gasteiger partial charge in [0.05, 0.1) is 6.54 Å². The minimum Gasteiger partial charge on any atom is -0.480 e. The Labute approximate surface area is 64.6 Å². The van der Waals surface area contributed by atoms with Gasteiger partial charge in [0, 0.05) is 0 Å². The van der Waals surface area contributed by atoms with E-state index in [1.54, 1.807) is 0 Å². The van der Waals surface area contributed by atoms with Crippen molar-refractivity contribution in [1.29, 1.82) is 0 Å². The van der Waals surface area contributed by atoms with Crippen LogP contribution in [0.25, 0.3) is 0 Å². The van der Waals surface area contributed by atoms with Crippen molar-refractivity contribution in [2.45, 2.75) is 25.3 Å². The third-order valence-electron chi connectivity index (χ3n) is 1.33. The van der Waals surface area contributed by atoms with Crippen LogP contribution in [0.1, 0.15) is 19.3 Å². The van der Waals surface area contributed by atoms with Crippen LogP contribution in [0.2, 0.25) is 0 Å².